The lowest BCUT2D eigenvalue weighted by molar-refractivity contribution is -0.121. The molecule has 204 valence electrons. The van der Waals surface area contributed by atoms with E-state index in [0.29, 0.717) is 22.9 Å². The van der Waals surface area contributed by atoms with Crippen molar-refractivity contribution < 1.29 is 28.7 Å². The van der Waals surface area contributed by atoms with Gasteiger partial charge >= 0.3 is 0 Å². The maximum atomic E-state index is 12.4. The Morgan fingerprint density at radius 3 is 1.41 bits per heavy atom. The number of ether oxygens (including phenoxy) is 2. The van der Waals surface area contributed by atoms with E-state index in [1.54, 1.807) is 36.4 Å². The molecule has 0 aliphatic carbocycles. The fraction of sp³-hybridized carbons (Fsp3) is 0.0909. The number of hydrogen-bond donors (Lipinski definition) is 0. The van der Waals surface area contributed by atoms with E-state index in [9.17, 15) is 19.2 Å². The highest BCUT2D eigenvalue weighted by molar-refractivity contribution is 6.28. The lowest BCUT2D eigenvalue weighted by Gasteiger charge is -2.26. The number of carbonyl (C=O) groups excluding carboxylic acids is 4. The largest absolute Gasteiger partial charge is 0.489 e. The third kappa shape index (κ3) is 5.35. The molecule has 41 heavy (non-hydrogen) atoms. The van der Waals surface area contributed by atoms with Crippen molar-refractivity contribution in [2.75, 3.05) is 23.0 Å². The van der Waals surface area contributed by atoms with Crippen LogP contribution in [0.4, 0.5) is 11.4 Å². The molecule has 3 aromatic carbocycles. The fourth-order valence-electron chi connectivity index (χ4n) is 4.83. The summed E-state index contributed by atoms with van der Waals surface area (Å²) in [4.78, 5) is 51.7. The summed E-state index contributed by atoms with van der Waals surface area (Å²) in [7, 11) is 0. The number of benzene rings is 3. The van der Waals surface area contributed by atoms with Gasteiger partial charge in [-0.05, 0) is 17.7 Å². The molecule has 0 atom stereocenters. The van der Waals surface area contributed by atoms with Crippen molar-refractivity contribution in [2.45, 2.75) is 5.92 Å². The van der Waals surface area contributed by atoms with Crippen molar-refractivity contribution in [1.29, 1.82) is 0 Å². The standard InChI is InChI=1S/C33H26N2O6/c1-3-18-40-27-20-23(34-29(36)14-15-30(34)37)10-12-25(27)33(22-8-6-5-7-9-22)26-13-11-24(21-28(26)41-19-4-2)35-31(38)16-17-32(35)39/h3-17,20-21,33H,1-2,18-19H2. The van der Waals surface area contributed by atoms with Crippen molar-refractivity contribution in [3.05, 3.63) is 133 Å². The van der Waals surface area contributed by atoms with E-state index >= 15 is 0 Å². The Morgan fingerprint density at radius 2 is 1.02 bits per heavy atom. The second-order valence-corrected chi connectivity index (χ2v) is 9.18. The summed E-state index contributed by atoms with van der Waals surface area (Å²) in [5, 5.41) is 0. The number of anilines is 2. The maximum absolute atomic E-state index is 12.4. The minimum Gasteiger partial charge on any atom is -0.489 e. The van der Waals surface area contributed by atoms with E-state index < -0.39 is 29.5 Å². The van der Waals surface area contributed by atoms with E-state index in [0.717, 1.165) is 26.5 Å². The van der Waals surface area contributed by atoms with Crippen LogP contribution in [-0.4, -0.2) is 36.8 Å². The van der Waals surface area contributed by atoms with Crippen LogP contribution in [0.1, 0.15) is 22.6 Å². The average Bonchev–Trinajstić information content (AvgIpc) is 3.51. The highest BCUT2D eigenvalue weighted by Gasteiger charge is 2.31. The molecule has 0 bridgehead atoms. The van der Waals surface area contributed by atoms with Gasteiger partial charge in [0, 0.05) is 53.5 Å². The first-order valence-electron chi connectivity index (χ1n) is 12.9. The Hall–Kier alpha value is -5.50. The first-order valence-corrected chi connectivity index (χ1v) is 12.9. The number of nitrogens with zero attached hydrogens (tertiary/aromatic N) is 2. The van der Waals surface area contributed by atoms with Crippen LogP contribution < -0.4 is 19.3 Å². The minimum absolute atomic E-state index is 0.184. The molecule has 8 nitrogen and oxygen atoms in total. The van der Waals surface area contributed by atoms with Crippen molar-refractivity contribution in [3.63, 3.8) is 0 Å². The SMILES string of the molecule is C=CCOc1cc(N2C(=O)C=CC2=O)ccc1C(c1ccccc1)c1ccc(N2C(=O)C=CC2=O)cc1OCC=C. The fourth-order valence-corrected chi connectivity index (χ4v) is 4.83. The summed E-state index contributed by atoms with van der Waals surface area (Å²) in [6.45, 7) is 7.87. The van der Waals surface area contributed by atoms with Gasteiger partial charge in [-0.1, -0.05) is 67.8 Å². The molecule has 0 unspecified atom stereocenters. The van der Waals surface area contributed by atoms with E-state index in [1.807, 2.05) is 42.5 Å². The van der Waals surface area contributed by atoms with Crippen LogP contribution in [0.25, 0.3) is 0 Å². The van der Waals surface area contributed by atoms with Gasteiger partial charge in [0.05, 0.1) is 11.4 Å². The van der Waals surface area contributed by atoms with Crippen molar-refractivity contribution >= 4 is 35.0 Å². The van der Waals surface area contributed by atoms with Gasteiger partial charge in [0.1, 0.15) is 24.7 Å². The highest BCUT2D eigenvalue weighted by Crippen LogP contribution is 2.44. The van der Waals surface area contributed by atoms with Gasteiger partial charge in [-0.3, -0.25) is 19.2 Å². The Balaban J connectivity index is 1.68. The molecule has 0 aromatic heterocycles. The number of imide groups is 2. The lowest BCUT2D eigenvalue weighted by atomic mass is 9.83. The Kier molecular flexibility index (Phi) is 7.74. The van der Waals surface area contributed by atoms with E-state index in [-0.39, 0.29) is 13.2 Å². The summed E-state index contributed by atoms with van der Waals surface area (Å²) in [5.41, 5.74) is 3.12. The van der Waals surface area contributed by atoms with Gasteiger partial charge in [-0.15, -0.1) is 0 Å². The molecule has 0 saturated carbocycles. The first kappa shape index (κ1) is 27.1. The predicted octanol–water partition coefficient (Wildman–Crippen LogP) is 4.86. The zero-order chi connectivity index (χ0) is 28.9. The predicted molar refractivity (Wildman–Crippen MR) is 155 cm³/mol. The van der Waals surface area contributed by atoms with E-state index in [1.165, 1.54) is 24.3 Å². The molecule has 0 radical (unpaired) electrons. The molecule has 8 heteroatoms. The second kappa shape index (κ2) is 11.7. The Bertz CT molecular complexity index is 1480. The Morgan fingerprint density at radius 1 is 0.610 bits per heavy atom. The van der Waals surface area contributed by atoms with Crippen LogP contribution in [0.15, 0.2) is 116 Å². The quantitative estimate of drug-likeness (QED) is 0.194. The van der Waals surface area contributed by atoms with Crippen molar-refractivity contribution in [3.8, 4) is 11.5 Å². The molecular formula is C33H26N2O6. The summed E-state index contributed by atoms with van der Waals surface area (Å²) >= 11 is 0. The van der Waals surface area contributed by atoms with Crippen LogP contribution in [0.2, 0.25) is 0 Å². The van der Waals surface area contributed by atoms with Crippen LogP contribution in [0.5, 0.6) is 11.5 Å². The summed E-state index contributed by atoms with van der Waals surface area (Å²) in [6.07, 6.45) is 8.11. The molecule has 4 amide bonds. The van der Waals surface area contributed by atoms with Gasteiger partial charge in [0.15, 0.2) is 0 Å². The van der Waals surface area contributed by atoms with E-state index in [4.69, 9.17) is 9.47 Å². The molecule has 0 N–H and O–H groups in total. The van der Waals surface area contributed by atoms with Gasteiger partial charge in [0.2, 0.25) is 0 Å². The molecule has 2 aliphatic heterocycles. The monoisotopic (exact) mass is 546 g/mol. The zero-order valence-corrected chi connectivity index (χ0v) is 22.1. The third-order valence-electron chi connectivity index (χ3n) is 6.60. The molecular weight excluding hydrogens is 520 g/mol. The molecule has 2 aliphatic rings. The van der Waals surface area contributed by atoms with Crippen LogP contribution in [0.3, 0.4) is 0 Å². The van der Waals surface area contributed by atoms with Gasteiger partial charge in [-0.2, -0.15) is 0 Å². The molecule has 3 aromatic rings. The zero-order valence-electron chi connectivity index (χ0n) is 22.1. The summed E-state index contributed by atoms with van der Waals surface area (Å²) in [5.74, 6) is -1.30. The van der Waals surface area contributed by atoms with Crippen LogP contribution >= 0.6 is 0 Å². The van der Waals surface area contributed by atoms with Gasteiger partial charge < -0.3 is 9.47 Å². The second-order valence-electron chi connectivity index (χ2n) is 9.18. The number of amides is 4. The number of carbonyl (C=O) groups is 4. The summed E-state index contributed by atoms with van der Waals surface area (Å²) in [6, 6.07) is 20.0. The first-order chi connectivity index (χ1) is 19.9. The summed E-state index contributed by atoms with van der Waals surface area (Å²) < 4.78 is 12.2. The molecule has 2 heterocycles. The minimum atomic E-state index is -0.440. The highest BCUT2D eigenvalue weighted by atomic mass is 16.5. The smallest absolute Gasteiger partial charge is 0.258 e. The third-order valence-corrected chi connectivity index (χ3v) is 6.60. The normalized spacial score (nSPS) is 14.4. The lowest BCUT2D eigenvalue weighted by Crippen LogP contribution is -2.29. The number of hydrogen-bond acceptors (Lipinski definition) is 6. The van der Waals surface area contributed by atoms with Crippen LogP contribution in [0, 0.1) is 0 Å². The molecule has 0 fully saturated rings. The van der Waals surface area contributed by atoms with Crippen LogP contribution in [-0.2, 0) is 19.2 Å². The number of rotatable bonds is 11. The maximum Gasteiger partial charge on any atom is 0.258 e. The molecule has 5 rings (SSSR count). The Labute approximate surface area is 237 Å². The molecule has 0 spiro atoms. The average molecular weight is 547 g/mol. The van der Waals surface area contributed by atoms with Crippen molar-refractivity contribution in [1.82, 2.24) is 0 Å². The topological polar surface area (TPSA) is 93.2 Å². The van der Waals surface area contributed by atoms with Gasteiger partial charge in [-0.25, -0.2) is 9.80 Å². The molecule has 0 saturated heterocycles. The van der Waals surface area contributed by atoms with Gasteiger partial charge in [0.25, 0.3) is 23.6 Å². The van der Waals surface area contributed by atoms with Crippen molar-refractivity contribution in [2.24, 2.45) is 0 Å². The van der Waals surface area contributed by atoms with E-state index in [2.05, 4.69) is 13.2 Å².